The summed E-state index contributed by atoms with van der Waals surface area (Å²) in [4.78, 5) is 12.2. The SMILES string of the molecule is CN(CCC(=O)O)CC(Cl)c1ccco1. The molecule has 0 bridgehead atoms. The average Bonchev–Trinajstić information content (AvgIpc) is 2.67. The maximum atomic E-state index is 10.3. The first-order valence-corrected chi connectivity index (χ1v) is 5.11. The van der Waals surface area contributed by atoms with Gasteiger partial charge in [0.15, 0.2) is 0 Å². The highest BCUT2D eigenvalue weighted by Crippen LogP contribution is 2.21. The lowest BCUT2D eigenvalue weighted by Crippen LogP contribution is -2.25. The van der Waals surface area contributed by atoms with E-state index in [9.17, 15) is 4.79 Å². The highest BCUT2D eigenvalue weighted by molar-refractivity contribution is 6.20. The zero-order valence-electron chi connectivity index (χ0n) is 8.52. The van der Waals surface area contributed by atoms with Gasteiger partial charge in [-0.25, -0.2) is 0 Å². The van der Waals surface area contributed by atoms with Gasteiger partial charge >= 0.3 is 5.97 Å². The van der Waals surface area contributed by atoms with Crippen molar-refractivity contribution in [3.63, 3.8) is 0 Å². The summed E-state index contributed by atoms with van der Waals surface area (Å²) in [6, 6.07) is 3.59. The Morgan fingerprint density at radius 3 is 3.00 bits per heavy atom. The lowest BCUT2D eigenvalue weighted by Gasteiger charge is -2.17. The first-order valence-electron chi connectivity index (χ1n) is 4.67. The molecule has 0 aromatic carbocycles. The van der Waals surface area contributed by atoms with Gasteiger partial charge in [0, 0.05) is 13.1 Å². The molecular weight excluding hydrogens is 218 g/mol. The Morgan fingerprint density at radius 1 is 1.73 bits per heavy atom. The maximum Gasteiger partial charge on any atom is 0.304 e. The van der Waals surface area contributed by atoms with Crippen molar-refractivity contribution in [2.24, 2.45) is 0 Å². The first kappa shape index (κ1) is 12.1. The summed E-state index contributed by atoms with van der Waals surface area (Å²) in [7, 11) is 1.83. The van der Waals surface area contributed by atoms with Crippen LogP contribution in [0.3, 0.4) is 0 Å². The molecule has 1 N–H and O–H groups in total. The molecule has 1 aromatic rings. The van der Waals surface area contributed by atoms with Crippen molar-refractivity contribution in [3.05, 3.63) is 24.2 Å². The predicted octanol–water partition coefficient (Wildman–Crippen LogP) is 1.97. The Morgan fingerprint density at radius 2 is 2.47 bits per heavy atom. The number of halogens is 1. The Kier molecular flexibility index (Phi) is 4.65. The first-order chi connectivity index (χ1) is 7.09. The number of hydrogen-bond acceptors (Lipinski definition) is 3. The van der Waals surface area contributed by atoms with Crippen molar-refractivity contribution < 1.29 is 14.3 Å². The molecule has 5 heteroatoms. The molecule has 1 unspecified atom stereocenters. The Bertz CT molecular complexity index is 300. The van der Waals surface area contributed by atoms with Crippen LogP contribution in [0.15, 0.2) is 22.8 Å². The van der Waals surface area contributed by atoms with Crippen molar-refractivity contribution in [1.82, 2.24) is 4.90 Å². The topological polar surface area (TPSA) is 53.7 Å². The van der Waals surface area contributed by atoms with Gasteiger partial charge in [-0.05, 0) is 19.2 Å². The summed E-state index contributed by atoms with van der Waals surface area (Å²) < 4.78 is 5.15. The molecule has 15 heavy (non-hydrogen) atoms. The van der Waals surface area contributed by atoms with Gasteiger partial charge in [0.1, 0.15) is 11.1 Å². The van der Waals surface area contributed by atoms with E-state index in [0.29, 0.717) is 18.8 Å². The second-order valence-electron chi connectivity index (χ2n) is 3.39. The molecule has 0 aliphatic rings. The van der Waals surface area contributed by atoms with Crippen LogP contribution in [0.4, 0.5) is 0 Å². The molecule has 0 spiro atoms. The fourth-order valence-electron chi connectivity index (χ4n) is 1.21. The average molecular weight is 232 g/mol. The van der Waals surface area contributed by atoms with Crippen LogP contribution < -0.4 is 0 Å². The summed E-state index contributed by atoms with van der Waals surface area (Å²) in [5, 5.41) is 8.27. The van der Waals surface area contributed by atoms with Crippen molar-refractivity contribution in [3.8, 4) is 0 Å². The van der Waals surface area contributed by atoms with E-state index < -0.39 is 5.97 Å². The molecule has 1 heterocycles. The summed E-state index contributed by atoms with van der Waals surface area (Å²) in [5.41, 5.74) is 0. The van der Waals surface area contributed by atoms with Gasteiger partial charge in [-0.2, -0.15) is 0 Å². The Hall–Kier alpha value is -1.00. The van der Waals surface area contributed by atoms with Crippen LogP contribution in [0.1, 0.15) is 17.6 Å². The molecule has 1 atom stereocenters. The molecule has 0 aliphatic heterocycles. The van der Waals surface area contributed by atoms with Crippen LogP contribution in [0.5, 0.6) is 0 Å². The van der Waals surface area contributed by atoms with Gasteiger partial charge < -0.3 is 14.4 Å². The number of hydrogen-bond donors (Lipinski definition) is 1. The summed E-state index contributed by atoms with van der Waals surface area (Å²) in [6.45, 7) is 1.06. The Balaban J connectivity index is 2.31. The minimum absolute atomic E-state index is 0.123. The second kappa shape index (κ2) is 5.78. The van der Waals surface area contributed by atoms with E-state index in [4.69, 9.17) is 21.1 Å². The third kappa shape index (κ3) is 4.36. The van der Waals surface area contributed by atoms with Crippen molar-refractivity contribution >= 4 is 17.6 Å². The van der Waals surface area contributed by atoms with Gasteiger partial charge in [0.25, 0.3) is 0 Å². The highest BCUT2D eigenvalue weighted by atomic mass is 35.5. The normalized spacial score (nSPS) is 13.0. The van der Waals surface area contributed by atoms with Gasteiger partial charge in [0.2, 0.25) is 0 Å². The molecule has 1 aromatic heterocycles. The molecule has 0 fully saturated rings. The van der Waals surface area contributed by atoms with E-state index in [2.05, 4.69) is 0 Å². The zero-order chi connectivity index (χ0) is 11.3. The lowest BCUT2D eigenvalue weighted by atomic mass is 10.3. The molecule has 84 valence electrons. The molecule has 0 saturated heterocycles. The number of rotatable bonds is 6. The van der Waals surface area contributed by atoms with E-state index in [1.807, 2.05) is 18.0 Å². The lowest BCUT2D eigenvalue weighted by molar-refractivity contribution is -0.137. The highest BCUT2D eigenvalue weighted by Gasteiger charge is 2.13. The van der Waals surface area contributed by atoms with Gasteiger partial charge in [0.05, 0.1) is 12.7 Å². The summed E-state index contributed by atoms with van der Waals surface area (Å²) >= 11 is 6.07. The van der Waals surface area contributed by atoms with Crippen molar-refractivity contribution in [2.45, 2.75) is 11.8 Å². The zero-order valence-corrected chi connectivity index (χ0v) is 9.28. The summed E-state index contributed by atoms with van der Waals surface area (Å²) in [5.74, 6) is -0.0928. The molecule has 1 rings (SSSR count). The number of furan rings is 1. The van der Waals surface area contributed by atoms with Gasteiger partial charge in [-0.3, -0.25) is 4.79 Å². The van der Waals surface area contributed by atoms with E-state index in [0.717, 1.165) is 0 Å². The number of likely N-dealkylation sites (N-methyl/N-ethyl adjacent to an activating group) is 1. The fraction of sp³-hybridized carbons (Fsp3) is 0.500. The quantitative estimate of drug-likeness (QED) is 0.761. The fourth-order valence-corrected chi connectivity index (χ4v) is 1.57. The van der Waals surface area contributed by atoms with Crippen LogP contribution in [0.2, 0.25) is 0 Å². The maximum absolute atomic E-state index is 10.3. The van der Waals surface area contributed by atoms with Gasteiger partial charge in [-0.1, -0.05) is 0 Å². The minimum atomic E-state index is -0.800. The predicted molar refractivity (Wildman–Crippen MR) is 57.1 cm³/mol. The molecule has 4 nitrogen and oxygen atoms in total. The van der Waals surface area contributed by atoms with E-state index in [-0.39, 0.29) is 11.8 Å². The number of carbonyl (C=O) groups is 1. The number of nitrogens with zero attached hydrogens (tertiary/aromatic N) is 1. The van der Waals surface area contributed by atoms with Crippen LogP contribution in [0, 0.1) is 0 Å². The number of carboxylic acids is 1. The Labute approximate surface area is 93.4 Å². The standard InChI is InChI=1S/C10H14ClNO3/c1-12(5-4-10(13)14)7-8(11)9-3-2-6-15-9/h2-3,6,8H,4-5,7H2,1H3,(H,13,14). The largest absolute Gasteiger partial charge is 0.481 e. The second-order valence-corrected chi connectivity index (χ2v) is 3.92. The minimum Gasteiger partial charge on any atom is -0.481 e. The smallest absolute Gasteiger partial charge is 0.304 e. The van der Waals surface area contributed by atoms with E-state index in [1.54, 1.807) is 12.3 Å². The van der Waals surface area contributed by atoms with Crippen LogP contribution >= 0.6 is 11.6 Å². The molecular formula is C10H14ClNO3. The van der Waals surface area contributed by atoms with Crippen LogP contribution in [-0.4, -0.2) is 36.1 Å². The van der Waals surface area contributed by atoms with E-state index >= 15 is 0 Å². The third-order valence-corrected chi connectivity index (χ3v) is 2.38. The molecule has 0 aliphatic carbocycles. The van der Waals surface area contributed by atoms with Crippen LogP contribution in [-0.2, 0) is 4.79 Å². The number of carboxylic acid groups (broad SMARTS) is 1. The molecule has 0 saturated carbocycles. The van der Waals surface area contributed by atoms with Crippen molar-refractivity contribution in [2.75, 3.05) is 20.1 Å². The monoisotopic (exact) mass is 231 g/mol. The molecule has 0 amide bonds. The van der Waals surface area contributed by atoms with Crippen molar-refractivity contribution in [1.29, 1.82) is 0 Å². The van der Waals surface area contributed by atoms with Crippen LogP contribution in [0.25, 0.3) is 0 Å². The molecule has 0 radical (unpaired) electrons. The van der Waals surface area contributed by atoms with Gasteiger partial charge in [-0.15, -0.1) is 11.6 Å². The summed E-state index contributed by atoms with van der Waals surface area (Å²) in [6.07, 6.45) is 1.69. The third-order valence-electron chi connectivity index (χ3n) is 2.03. The van der Waals surface area contributed by atoms with E-state index in [1.165, 1.54) is 0 Å². The number of aliphatic carboxylic acids is 1. The number of alkyl halides is 1.